The predicted octanol–water partition coefficient (Wildman–Crippen LogP) is 4.77. The SMILES string of the molecule is COc1ccccc1C1CC(=O)N(c2ccc([N+](=O)[O-])cc2)C2=C1C(=O)CC(C)(C)C2. The van der Waals surface area contributed by atoms with Gasteiger partial charge in [-0.3, -0.25) is 24.6 Å². The Bertz CT molecular complexity index is 1100. The summed E-state index contributed by atoms with van der Waals surface area (Å²) in [6, 6.07) is 13.4. The maximum atomic E-state index is 13.4. The molecule has 0 bridgehead atoms. The lowest BCUT2D eigenvalue weighted by Gasteiger charge is -2.43. The summed E-state index contributed by atoms with van der Waals surface area (Å²) >= 11 is 0. The average Bonchev–Trinajstić information content (AvgIpc) is 2.72. The number of allylic oxidation sites excluding steroid dienone is 2. The average molecular weight is 420 g/mol. The van der Waals surface area contributed by atoms with Crippen molar-refractivity contribution < 1.29 is 19.2 Å². The van der Waals surface area contributed by atoms with E-state index in [-0.39, 0.29) is 35.1 Å². The van der Waals surface area contributed by atoms with Crippen molar-refractivity contribution in [3.63, 3.8) is 0 Å². The van der Waals surface area contributed by atoms with Crippen LogP contribution in [0, 0.1) is 15.5 Å². The number of amides is 1. The summed E-state index contributed by atoms with van der Waals surface area (Å²) in [5, 5.41) is 11.0. The van der Waals surface area contributed by atoms with E-state index >= 15 is 0 Å². The lowest BCUT2D eigenvalue weighted by molar-refractivity contribution is -0.384. The fourth-order valence-electron chi connectivity index (χ4n) is 4.66. The number of carbonyl (C=O) groups excluding carboxylic acids is 2. The Balaban J connectivity index is 1.88. The smallest absolute Gasteiger partial charge is 0.269 e. The van der Waals surface area contributed by atoms with Crippen LogP contribution >= 0.6 is 0 Å². The Morgan fingerprint density at radius 2 is 1.74 bits per heavy atom. The summed E-state index contributed by atoms with van der Waals surface area (Å²) in [5.41, 5.74) is 2.34. The topological polar surface area (TPSA) is 89.8 Å². The van der Waals surface area contributed by atoms with Gasteiger partial charge in [0.25, 0.3) is 5.69 Å². The molecule has 2 aliphatic rings. The minimum atomic E-state index is -0.475. The zero-order valence-corrected chi connectivity index (χ0v) is 17.8. The number of nitro groups is 1. The highest BCUT2D eigenvalue weighted by Crippen LogP contribution is 2.49. The van der Waals surface area contributed by atoms with Crippen LogP contribution in [0.1, 0.15) is 44.6 Å². The maximum absolute atomic E-state index is 13.4. The number of carbonyl (C=O) groups is 2. The number of non-ortho nitro benzene ring substituents is 1. The van der Waals surface area contributed by atoms with E-state index in [1.807, 2.05) is 38.1 Å². The molecule has 1 heterocycles. The number of nitro benzene ring substituents is 1. The van der Waals surface area contributed by atoms with E-state index in [0.717, 1.165) is 5.56 Å². The summed E-state index contributed by atoms with van der Waals surface area (Å²) in [7, 11) is 1.58. The maximum Gasteiger partial charge on any atom is 0.269 e. The number of Topliss-reactive ketones (excluding diaryl/α,β-unsaturated/α-hetero) is 1. The highest BCUT2D eigenvalue weighted by atomic mass is 16.6. The van der Waals surface area contributed by atoms with Crippen molar-refractivity contribution in [3.8, 4) is 5.75 Å². The highest BCUT2D eigenvalue weighted by molar-refractivity contribution is 6.08. The molecule has 1 amide bonds. The first-order valence-corrected chi connectivity index (χ1v) is 10.2. The lowest BCUT2D eigenvalue weighted by atomic mass is 9.69. The molecule has 4 rings (SSSR count). The van der Waals surface area contributed by atoms with Crippen molar-refractivity contribution in [1.29, 1.82) is 0 Å². The second-order valence-corrected chi connectivity index (χ2v) is 8.80. The highest BCUT2D eigenvalue weighted by Gasteiger charge is 2.45. The fourth-order valence-corrected chi connectivity index (χ4v) is 4.66. The number of para-hydroxylation sites is 1. The molecule has 7 nitrogen and oxygen atoms in total. The Morgan fingerprint density at radius 1 is 1.06 bits per heavy atom. The number of nitrogens with zero attached hydrogens (tertiary/aromatic N) is 2. The van der Waals surface area contributed by atoms with Crippen LogP contribution in [0.3, 0.4) is 0 Å². The van der Waals surface area contributed by atoms with Crippen molar-refractivity contribution in [1.82, 2.24) is 0 Å². The van der Waals surface area contributed by atoms with Crippen molar-refractivity contribution in [3.05, 3.63) is 75.5 Å². The van der Waals surface area contributed by atoms with Gasteiger partial charge in [0.2, 0.25) is 5.91 Å². The van der Waals surface area contributed by atoms with Gasteiger partial charge in [-0.05, 0) is 30.0 Å². The van der Waals surface area contributed by atoms with Gasteiger partial charge in [0, 0.05) is 53.4 Å². The predicted molar refractivity (Wildman–Crippen MR) is 116 cm³/mol. The van der Waals surface area contributed by atoms with E-state index < -0.39 is 4.92 Å². The van der Waals surface area contributed by atoms with Gasteiger partial charge in [-0.25, -0.2) is 0 Å². The summed E-state index contributed by atoms with van der Waals surface area (Å²) in [4.78, 5) is 38.8. The third-order valence-electron chi connectivity index (χ3n) is 5.98. The monoisotopic (exact) mass is 420 g/mol. The Hall–Kier alpha value is -3.48. The third-order valence-corrected chi connectivity index (χ3v) is 5.98. The standard InChI is InChI=1S/C24H24N2O5/c1-24(2)13-19-23(20(27)14-24)18(17-6-4-5-7-21(17)31-3)12-22(28)25(19)15-8-10-16(11-9-15)26(29)30/h4-11,18H,12-14H2,1-3H3. The van der Waals surface area contributed by atoms with E-state index in [2.05, 4.69) is 0 Å². The van der Waals surface area contributed by atoms with Gasteiger partial charge in [0.1, 0.15) is 5.75 Å². The minimum absolute atomic E-state index is 0.0292. The molecule has 0 N–H and O–H groups in total. The van der Waals surface area contributed by atoms with E-state index in [1.165, 1.54) is 12.1 Å². The zero-order valence-electron chi connectivity index (χ0n) is 17.8. The zero-order chi connectivity index (χ0) is 22.3. The number of ketones is 1. The molecule has 1 atom stereocenters. The second-order valence-electron chi connectivity index (χ2n) is 8.80. The van der Waals surface area contributed by atoms with Crippen molar-refractivity contribution >= 4 is 23.1 Å². The molecule has 0 fully saturated rings. The number of anilines is 1. The molecule has 2 aromatic carbocycles. The summed E-state index contributed by atoms with van der Waals surface area (Å²) in [5.74, 6) is 0.153. The molecule has 1 aliphatic carbocycles. The van der Waals surface area contributed by atoms with Crippen LogP contribution < -0.4 is 9.64 Å². The van der Waals surface area contributed by atoms with Crippen LogP contribution in [0.2, 0.25) is 0 Å². The third kappa shape index (κ3) is 3.71. The molecule has 1 unspecified atom stereocenters. The van der Waals surface area contributed by atoms with Crippen LogP contribution in [0.15, 0.2) is 59.8 Å². The molecule has 0 saturated heterocycles. The number of hydrogen-bond donors (Lipinski definition) is 0. The Labute approximate surface area is 180 Å². The summed E-state index contributed by atoms with van der Waals surface area (Å²) in [6.45, 7) is 4.03. The first kappa shape index (κ1) is 20.8. The summed E-state index contributed by atoms with van der Waals surface area (Å²) < 4.78 is 5.51. The molecule has 160 valence electrons. The van der Waals surface area contributed by atoms with Gasteiger partial charge in [-0.1, -0.05) is 32.0 Å². The number of benzene rings is 2. The Morgan fingerprint density at radius 3 is 2.39 bits per heavy atom. The Kier molecular flexibility index (Phi) is 5.13. The number of hydrogen-bond acceptors (Lipinski definition) is 5. The van der Waals surface area contributed by atoms with Gasteiger partial charge < -0.3 is 4.74 Å². The van der Waals surface area contributed by atoms with Gasteiger partial charge >= 0.3 is 0 Å². The van der Waals surface area contributed by atoms with E-state index in [1.54, 1.807) is 24.1 Å². The van der Waals surface area contributed by atoms with Crippen molar-refractivity contribution in [2.75, 3.05) is 12.0 Å². The molecule has 2 aromatic rings. The molecule has 0 saturated carbocycles. The normalized spacial score (nSPS) is 20.5. The van der Waals surface area contributed by atoms with E-state index in [4.69, 9.17) is 4.74 Å². The van der Waals surface area contributed by atoms with Gasteiger partial charge in [-0.2, -0.15) is 0 Å². The molecule has 0 aromatic heterocycles. The van der Waals surface area contributed by atoms with Crippen molar-refractivity contribution in [2.45, 2.75) is 39.0 Å². The lowest BCUT2D eigenvalue weighted by Crippen LogP contribution is -2.43. The fraction of sp³-hybridized carbons (Fsp3) is 0.333. The van der Waals surface area contributed by atoms with Crippen LogP contribution in [-0.4, -0.2) is 23.7 Å². The number of ether oxygens (including phenoxy) is 1. The first-order valence-electron chi connectivity index (χ1n) is 10.2. The van der Waals surface area contributed by atoms with Crippen LogP contribution in [0.4, 0.5) is 11.4 Å². The minimum Gasteiger partial charge on any atom is -0.496 e. The first-order chi connectivity index (χ1) is 14.7. The molecule has 0 radical (unpaired) electrons. The quantitative estimate of drug-likeness (QED) is 0.525. The van der Waals surface area contributed by atoms with E-state index in [9.17, 15) is 19.7 Å². The molecule has 0 spiro atoms. The molecule has 31 heavy (non-hydrogen) atoms. The van der Waals surface area contributed by atoms with Crippen molar-refractivity contribution in [2.24, 2.45) is 5.41 Å². The second kappa shape index (κ2) is 7.65. The molecular weight excluding hydrogens is 396 g/mol. The van der Waals surface area contributed by atoms with Gasteiger partial charge in [0.05, 0.1) is 12.0 Å². The van der Waals surface area contributed by atoms with Crippen LogP contribution in [0.25, 0.3) is 0 Å². The summed E-state index contributed by atoms with van der Waals surface area (Å²) in [6.07, 6.45) is 1.09. The molecule has 7 heteroatoms. The number of rotatable bonds is 4. The molecular formula is C24H24N2O5. The van der Waals surface area contributed by atoms with E-state index in [0.29, 0.717) is 35.5 Å². The largest absolute Gasteiger partial charge is 0.496 e. The molecule has 1 aliphatic heterocycles. The van der Waals surface area contributed by atoms with Gasteiger partial charge in [-0.15, -0.1) is 0 Å². The van der Waals surface area contributed by atoms with Crippen LogP contribution in [-0.2, 0) is 9.59 Å². The number of methoxy groups -OCH3 is 1. The van der Waals surface area contributed by atoms with Gasteiger partial charge in [0.15, 0.2) is 5.78 Å². The van der Waals surface area contributed by atoms with Crippen LogP contribution in [0.5, 0.6) is 5.75 Å².